The Morgan fingerprint density at radius 3 is 2.67 bits per heavy atom. The van der Waals surface area contributed by atoms with Gasteiger partial charge in [0.15, 0.2) is 6.61 Å². The zero-order valence-electron chi connectivity index (χ0n) is 14.4. The Kier molecular flexibility index (Phi) is 5.83. The summed E-state index contributed by atoms with van der Waals surface area (Å²) in [6.07, 6.45) is 1.43. The molecule has 2 aromatic carbocycles. The van der Waals surface area contributed by atoms with Crippen LogP contribution in [0.25, 0.3) is 5.69 Å². The number of benzene rings is 2. The molecule has 3 aromatic rings. The van der Waals surface area contributed by atoms with Gasteiger partial charge in [-0.3, -0.25) is 4.79 Å². The highest BCUT2D eigenvalue weighted by molar-refractivity contribution is 6.32. The third-order valence-corrected chi connectivity index (χ3v) is 3.98. The molecule has 0 spiro atoms. The average molecular weight is 387 g/mol. The van der Waals surface area contributed by atoms with E-state index in [1.165, 1.54) is 30.5 Å². The van der Waals surface area contributed by atoms with Crippen LogP contribution in [0, 0.1) is 12.7 Å². The van der Waals surface area contributed by atoms with Crippen molar-refractivity contribution >= 4 is 23.7 Å². The number of nitrogens with zero attached hydrogens (tertiary/aromatic N) is 3. The molecule has 0 bridgehead atoms. The lowest BCUT2D eigenvalue weighted by atomic mass is 10.3. The molecule has 3 rings (SSSR count). The van der Waals surface area contributed by atoms with Crippen LogP contribution in [-0.4, -0.2) is 28.5 Å². The van der Waals surface area contributed by atoms with Crippen LogP contribution >= 0.6 is 11.6 Å². The molecular weight excluding hydrogens is 371 g/mol. The van der Waals surface area contributed by atoms with Gasteiger partial charge in [0.2, 0.25) is 0 Å². The standard InChI is InChI=1S/C19H16ClFN4O2/c1-13-17(19(20)25(24-13)15-5-3-2-4-6-15)11-22-23-18(26)12-27-16-9-7-14(21)8-10-16/h2-11H,12H2,1H3,(H,23,26)/b22-11-. The highest BCUT2D eigenvalue weighted by atomic mass is 35.5. The summed E-state index contributed by atoms with van der Waals surface area (Å²) < 4.78 is 19.7. The second-order valence-electron chi connectivity index (χ2n) is 5.57. The Balaban J connectivity index is 1.60. The lowest BCUT2D eigenvalue weighted by Gasteiger charge is -2.04. The first-order chi connectivity index (χ1) is 13.0. The van der Waals surface area contributed by atoms with Crippen molar-refractivity contribution in [3.05, 3.63) is 76.8 Å². The van der Waals surface area contributed by atoms with E-state index in [0.29, 0.717) is 22.2 Å². The number of aromatic nitrogens is 2. The van der Waals surface area contributed by atoms with Gasteiger partial charge in [0.25, 0.3) is 5.91 Å². The first-order valence-electron chi connectivity index (χ1n) is 8.05. The highest BCUT2D eigenvalue weighted by Crippen LogP contribution is 2.21. The van der Waals surface area contributed by atoms with Gasteiger partial charge >= 0.3 is 0 Å². The maximum Gasteiger partial charge on any atom is 0.277 e. The van der Waals surface area contributed by atoms with E-state index in [1.54, 1.807) is 11.6 Å². The predicted molar refractivity (Wildman–Crippen MR) is 101 cm³/mol. The number of nitrogens with one attached hydrogen (secondary N) is 1. The molecule has 0 saturated carbocycles. The van der Waals surface area contributed by atoms with Crippen LogP contribution in [0.3, 0.4) is 0 Å². The number of aryl methyl sites for hydroxylation is 1. The van der Waals surface area contributed by atoms with Crippen molar-refractivity contribution in [3.8, 4) is 11.4 Å². The van der Waals surface area contributed by atoms with Gasteiger partial charge in [-0.05, 0) is 43.3 Å². The summed E-state index contributed by atoms with van der Waals surface area (Å²) in [5, 5.41) is 8.67. The molecule has 0 atom stereocenters. The first kappa shape index (κ1) is 18.6. The van der Waals surface area contributed by atoms with Crippen LogP contribution in [0.1, 0.15) is 11.3 Å². The van der Waals surface area contributed by atoms with Crippen molar-refractivity contribution in [2.24, 2.45) is 5.10 Å². The Labute approximate surface area is 160 Å². The molecule has 0 fully saturated rings. The molecule has 0 aliphatic heterocycles. The number of para-hydroxylation sites is 1. The largest absolute Gasteiger partial charge is 0.484 e. The molecule has 1 amide bonds. The highest BCUT2D eigenvalue weighted by Gasteiger charge is 2.13. The Bertz CT molecular complexity index is 956. The summed E-state index contributed by atoms with van der Waals surface area (Å²) >= 11 is 6.37. The van der Waals surface area contributed by atoms with Gasteiger partial charge in [0, 0.05) is 0 Å². The van der Waals surface area contributed by atoms with Crippen LogP contribution in [0.2, 0.25) is 5.15 Å². The molecule has 0 radical (unpaired) electrons. The van der Waals surface area contributed by atoms with Gasteiger partial charge in [-0.2, -0.15) is 10.2 Å². The summed E-state index contributed by atoms with van der Waals surface area (Å²) in [5.41, 5.74) is 4.44. The molecule has 138 valence electrons. The summed E-state index contributed by atoms with van der Waals surface area (Å²) in [7, 11) is 0. The van der Waals surface area contributed by atoms with Gasteiger partial charge in [-0.15, -0.1) is 0 Å². The zero-order chi connectivity index (χ0) is 19.2. The minimum absolute atomic E-state index is 0.251. The Morgan fingerprint density at radius 1 is 1.26 bits per heavy atom. The lowest BCUT2D eigenvalue weighted by molar-refractivity contribution is -0.123. The number of amides is 1. The smallest absolute Gasteiger partial charge is 0.277 e. The van der Waals surface area contributed by atoms with Crippen molar-refractivity contribution in [3.63, 3.8) is 0 Å². The fraction of sp³-hybridized carbons (Fsp3) is 0.105. The third-order valence-electron chi connectivity index (χ3n) is 3.62. The Hall–Kier alpha value is -3.19. The van der Waals surface area contributed by atoms with Gasteiger partial charge in [0.1, 0.15) is 16.7 Å². The maximum absolute atomic E-state index is 12.8. The van der Waals surface area contributed by atoms with E-state index in [2.05, 4.69) is 15.6 Å². The fourth-order valence-electron chi connectivity index (χ4n) is 2.28. The monoisotopic (exact) mass is 386 g/mol. The molecule has 0 aliphatic carbocycles. The first-order valence-corrected chi connectivity index (χ1v) is 8.43. The number of hydrazone groups is 1. The number of ether oxygens (including phenoxy) is 1. The van der Waals surface area contributed by atoms with E-state index in [4.69, 9.17) is 16.3 Å². The normalized spacial score (nSPS) is 10.9. The number of halogens is 2. The van der Waals surface area contributed by atoms with E-state index in [9.17, 15) is 9.18 Å². The van der Waals surface area contributed by atoms with Crippen LogP contribution in [0.5, 0.6) is 5.75 Å². The third kappa shape index (κ3) is 4.71. The molecule has 0 aliphatic rings. The summed E-state index contributed by atoms with van der Waals surface area (Å²) in [6.45, 7) is 1.55. The second kappa shape index (κ2) is 8.46. The van der Waals surface area contributed by atoms with Gasteiger partial charge < -0.3 is 4.74 Å². The van der Waals surface area contributed by atoms with Crippen molar-refractivity contribution < 1.29 is 13.9 Å². The predicted octanol–water partition coefficient (Wildman–Crippen LogP) is 3.50. The SMILES string of the molecule is Cc1nn(-c2ccccc2)c(Cl)c1/C=N\NC(=O)COc1ccc(F)cc1. The van der Waals surface area contributed by atoms with Crippen molar-refractivity contribution in [2.75, 3.05) is 6.61 Å². The minimum atomic E-state index is -0.459. The van der Waals surface area contributed by atoms with Gasteiger partial charge in [0.05, 0.1) is 23.2 Å². The average Bonchev–Trinajstić information content (AvgIpc) is 2.96. The summed E-state index contributed by atoms with van der Waals surface area (Å²) in [6, 6.07) is 14.8. The second-order valence-corrected chi connectivity index (χ2v) is 5.93. The zero-order valence-corrected chi connectivity index (χ0v) is 15.2. The number of carbonyl (C=O) groups excluding carboxylic acids is 1. The molecule has 1 aromatic heterocycles. The van der Waals surface area contributed by atoms with E-state index in [-0.39, 0.29) is 12.4 Å². The molecule has 27 heavy (non-hydrogen) atoms. The van der Waals surface area contributed by atoms with Crippen molar-refractivity contribution in [2.45, 2.75) is 6.92 Å². The van der Waals surface area contributed by atoms with Crippen molar-refractivity contribution in [1.29, 1.82) is 0 Å². The van der Waals surface area contributed by atoms with Crippen LogP contribution in [-0.2, 0) is 4.79 Å². The molecule has 0 unspecified atom stereocenters. The molecule has 1 heterocycles. The summed E-state index contributed by atoms with van der Waals surface area (Å²) in [4.78, 5) is 11.8. The quantitative estimate of drug-likeness (QED) is 0.520. The number of hydrogen-bond donors (Lipinski definition) is 1. The molecule has 6 nitrogen and oxygen atoms in total. The lowest BCUT2D eigenvalue weighted by Crippen LogP contribution is -2.24. The number of carbonyl (C=O) groups is 1. The Morgan fingerprint density at radius 2 is 1.96 bits per heavy atom. The van der Waals surface area contributed by atoms with Gasteiger partial charge in [-0.25, -0.2) is 14.5 Å². The topological polar surface area (TPSA) is 68.5 Å². The van der Waals surface area contributed by atoms with Gasteiger partial charge in [-0.1, -0.05) is 29.8 Å². The van der Waals surface area contributed by atoms with Crippen LogP contribution < -0.4 is 10.2 Å². The fourth-order valence-corrected chi connectivity index (χ4v) is 2.60. The molecule has 0 saturated heterocycles. The van der Waals surface area contributed by atoms with Crippen LogP contribution in [0.4, 0.5) is 4.39 Å². The maximum atomic E-state index is 12.8. The molecular formula is C19H16ClFN4O2. The molecule has 8 heteroatoms. The molecule has 1 N–H and O–H groups in total. The van der Waals surface area contributed by atoms with E-state index in [1.807, 2.05) is 30.3 Å². The summed E-state index contributed by atoms with van der Waals surface area (Å²) in [5.74, 6) is -0.446. The van der Waals surface area contributed by atoms with Crippen LogP contribution in [0.15, 0.2) is 59.7 Å². The minimum Gasteiger partial charge on any atom is -0.484 e. The van der Waals surface area contributed by atoms with E-state index in [0.717, 1.165) is 5.69 Å². The van der Waals surface area contributed by atoms with E-state index >= 15 is 0 Å². The van der Waals surface area contributed by atoms with E-state index < -0.39 is 5.91 Å². The number of hydrogen-bond acceptors (Lipinski definition) is 4. The number of rotatable bonds is 6. The van der Waals surface area contributed by atoms with Crippen molar-refractivity contribution in [1.82, 2.24) is 15.2 Å².